The summed E-state index contributed by atoms with van der Waals surface area (Å²) in [6, 6.07) is 4.47. The summed E-state index contributed by atoms with van der Waals surface area (Å²) < 4.78 is 0. The maximum absolute atomic E-state index is 8.95. The molecule has 3 N–H and O–H groups in total. The maximum Gasteiger partial charge on any atom is 0.117 e. The first-order valence-corrected chi connectivity index (χ1v) is 3.68. The van der Waals surface area contributed by atoms with Crippen LogP contribution in [0.15, 0.2) is 18.2 Å². The fourth-order valence-corrected chi connectivity index (χ4v) is 1.21. The van der Waals surface area contributed by atoms with Gasteiger partial charge in [-0.2, -0.15) is 0 Å². The Morgan fingerprint density at radius 1 is 1.55 bits per heavy atom. The third-order valence-corrected chi connectivity index (χ3v) is 1.75. The molecule has 0 amide bonds. The van der Waals surface area contributed by atoms with E-state index in [9.17, 15) is 0 Å². The fourth-order valence-electron chi connectivity index (χ4n) is 0.704. The van der Waals surface area contributed by atoms with E-state index in [0.29, 0.717) is 10.6 Å². The van der Waals surface area contributed by atoms with Crippen molar-refractivity contribution in [3.63, 3.8) is 0 Å². The van der Waals surface area contributed by atoms with Gasteiger partial charge >= 0.3 is 0 Å². The van der Waals surface area contributed by atoms with Crippen molar-refractivity contribution in [1.29, 1.82) is 0 Å². The van der Waals surface area contributed by atoms with E-state index in [4.69, 9.17) is 34.7 Å². The molecule has 0 spiro atoms. The summed E-state index contributed by atoms with van der Waals surface area (Å²) in [5, 5.41) is 9.32. The van der Waals surface area contributed by atoms with Crippen LogP contribution in [0.3, 0.4) is 0 Å². The van der Waals surface area contributed by atoms with Gasteiger partial charge in [0.15, 0.2) is 0 Å². The first-order valence-electron chi connectivity index (χ1n) is 2.89. The Hall–Kier alpha value is -0.800. The summed E-state index contributed by atoms with van der Waals surface area (Å²) in [6.45, 7) is 0. The van der Waals surface area contributed by atoms with Gasteiger partial charge in [0.2, 0.25) is 0 Å². The molecular formula is C7H6ClNOS. The van der Waals surface area contributed by atoms with Gasteiger partial charge in [0.25, 0.3) is 0 Å². The van der Waals surface area contributed by atoms with Crippen molar-refractivity contribution in [1.82, 2.24) is 0 Å². The first kappa shape index (κ1) is 8.30. The molecule has 0 radical (unpaired) electrons. The van der Waals surface area contributed by atoms with Crippen LogP contribution in [0.1, 0.15) is 5.56 Å². The molecule has 0 heterocycles. The van der Waals surface area contributed by atoms with Crippen LogP contribution in [0.4, 0.5) is 0 Å². The lowest BCUT2D eigenvalue weighted by Gasteiger charge is -2.00. The summed E-state index contributed by atoms with van der Waals surface area (Å²) in [5.74, 6) is 0.106. The van der Waals surface area contributed by atoms with Crippen LogP contribution in [-0.4, -0.2) is 10.1 Å². The second-order valence-electron chi connectivity index (χ2n) is 2.03. The van der Waals surface area contributed by atoms with Crippen LogP contribution >= 0.6 is 23.8 Å². The number of aromatic hydroxyl groups is 1. The molecule has 0 bridgehead atoms. The predicted molar refractivity (Wildman–Crippen MR) is 49.0 cm³/mol. The van der Waals surface area contributed by atoms with Crippen molar-refractivity contribution < 1.29 is 5.11 Å². The number of benzene rings is 1. The van der Waals surface area contributed by atoms with Crippen LogP contribution in [0.25, 0.3) is 0 Å². The molecule has 2 nitrogen and oxygen atoms in total. The zero-order chi connectivity index (χ0) is 8.43. The number of phenolic OH excluding ortho intramolecular Hbond substituents is 1. The van der Waals surface area contributed by atoms with Crippen LogP contribution in [-0.2, 0) is 0 Å². The molecule has 0 aliphatic heterocycles. The number of halogens is 1. The van der Waals surface area contributed by atoms with Crippen molar-refractivity contribution >= 4 is 28.8 Å². The summed E-state index contributed by atoms with van der Waals surface area (Å²) >= 11 is 10.4. The molecule has 0 saturated heterocycles. The van der Waals surface area contributed by atoms with E-state index in [1.54, 1.807) is 6.07 Å². The standard InChI is InChI=1S/C7H6ClNOS/c8-6-3-4(10)1-2-5(6)7(9)11/h1-3,10H,(H2,9,11). The van der Waals surface area contributed by atoms with E-state index < -0.39 is 0 Å². The number of nitrogens with two attached hydrogens (primary N) is 1. The number of rotatable bonds is 1. The molecule has 0 aliphatic rings. The van der Waals surface area contributed by atoms with E-state index in [1.165, 1.54) is 12.1 Å². The Kier molecular flexibility index (Phi) is 2.31. The third kappa shape index (κ3) is 1.82. The Morgan fingerprint density at radius 3 is 2.64 bits per heavy atom. The van der Waals surface area contributed by atoms with E-state index in [-0.39, 0.29) is 10.7 Å². The van der Waals surface area contributed by atoms with Gasteiger partial charge in [0.1, 0.15) is 10.7 Å². The molecule has 0 fully saturated rings. The topological polar surface area (TPSA) is 46.2 Å². The van der Waals surface area contributed by atoms with Gasteiger partial charge in [-0.15, -0.1) is 0 Å². The van der Waals surface area contributed by atoms with Crippen LogP contribution in [0, 0.1) is 0 Å². The highest BCUT2D eigenvalue weighted by Crippen LogP contribution is 2.20. The van der Waals surface area contributed by atoms with Crippen molar-refractivity contribution in [3.8, 4) is 5.75 Å². The molecule has 58 valence electrons. The van der Waals surface area contributed by atoms with E-state index in [1.807, 2.05) is 0 Å². The molecule has 0 unspecified atom stereocenters. The van der Waals surface area contributed by atoms with Gasteiger partial charge in [-0.25, -0.2) is 0 Å². The monoisotopic (exact) mass is 187 g/mol. The Bertz CT molecular complexity index is 300. The molecule has 1 rings (SSSR count). The maximum atomic E-state index is 8.95. The molecule has 4 heteroatoms. The molecule has 1 aromatic carbocycles. The summed E-state index contributed by atoms with van der Waals surface area (Å²) in [4.78, 5) is 0.231. The first-order chi connectivity index (χ1) is 5.11. The number of hydrogen-bond donors (Lipinski definition) is 2. The lowest BCUT2D eigenvalue weighted by atomic mass is 10.2. The quantitative estimate of drug-likeness (QED) is 0.658. The Labute approximate surface area is 74.6 Å². The molecule has 0 aliphatic carbocycles. The summed E-state index contributed by atoms with van der Waals surface area (Å²) in [5.41, 5.74) is 5.91. The number of hydrogen-bond acceptors (Lipinski definition) is 2. The minimum absolute atomic E-state index is 0.106. The van der Waals surface area contributed by atoms with Gasteiger partial charge < -0.3 is 10.8 Å². The Balaban J connectivity index is 3.20. The average Bonchev–Trinajstić information content (AvgIpc) is 1.85. The van der Waals surface area contributed by atoms with Crippen LogP contribution < -0.4 is 5.73 Å². The van der Waals surface area contributed by atoms with Gasteiger partial charge in [-0.1, -0.05) is 23.8 Å². The fraction of sp³-hybridized carbons (Fsp3) is 0. The van der Waals surface area contributed by atoms with Gasteiger partial charge in [-0.05, 0) is 18.2 Å². The van der Waals surface area contributed by atoms with Crippen LogP contribution in [0.5, 0.6) is 5.75 Å². The van der Waals surface area contributed by atoms with Crippen molar-refractivity contribution in [2.75, 3.05) is 0 Å². The highest BCUT2D eigenvalue weighted by Gasteiger charge is 2.02. The summed E-state index contributed by atoms with van der Waals surface area (Å²) in [6.07, 6.45) is 0. The van der Waals surface area contributed by atoms with E-state index >= 15 is 0 Å². The third-order valence-electron chi connectivity index (χ3n) is 1.22. The Morgan fingerprint density at radius 2 is 2.18 bits per heavy atom. The minimum atomic E-state index is 0.106. The normalized spacial score (nSPS) is 9.55. The molecule has 1 aromatic rings. The molecule has 0 aromatic heterocycles. The second kappa shape index (κ2) is 3.07. The van der Waals surface area contributed by atoms with Crippen molar-refractivity contribution in [3.05, 3.63) is 28.8 Å². The van der Waals surface area contributed by atoms with Crippen molar-refractivity contribution in [2.24, 2.45) is 5.73 Å². The largest absolute Gasteiger partial charge is 0.508 e. The smallest absolute Gasteiger partial charge is 0.117 e. The number of phenols is 1. The lowest BCUT2D eigenvalue weighted by molar-refractivity contribution is 0.475. The van der Waals surface area contributed by atoms with Gasteiger partial charge in [0.05, 0.1) is 5.02 Å². The lowest BCUT2D eigenvalue weighted by Crippen LogP contribution is -2.09. The van der Waals surface area contributed by atoms with Gasteiger partial charge in [0, 0.05) is 5.56 Å². The van der Waals surface area contributed by atoms with E-state index in [2.05, 4.69) is 0 Å². The molecular weight excluding hydrogens is 182 g/mol. The molecule has 0 saturated carbocycles. The predicted octanol–water partition coefficient (Wildman–Crippen LogP) is 1.68. The minimum Gasteiger partial charge on any atom is -0.508 e. The van der Waals surface area contributed by atoms with Crippen LogP contribution in [0.2, 0.25) is 5.02 Å². The highest BCUT2D eigenvalue weighted by molar-refractivity contribution is 7.80. The molecule has 11 heavy (non-hydrogen) atoms. The molecule has 0 atom stereocenters. The highest BCUT2D eigenvalue weighted by atomic mass is 35.5. The zero-order valence-corrected chi connectivity index (χ0v) is 7.12. The second-order valence-corrected chi connectivity index (χ2v) is 2.88. The zero-order valence-electron chi connectivity index (χ0n) is 5.54. The van der Waals surface area contributed by atoms with E-state index in [0.717, 1.165) is 0 Å². The SMILES string of the molecule is NC(=S)c1ccc(O)cc1Cl. The van der Waals surface area contributed by atoms with Gasteiger partial charge in [-0.3, -0.25) is 0 Å². The number of thiocarbonyl (C=S) groups is 1. The average molecular weight is 188 g/mol. The summed E-state index contributed by atoms with van der Waals surface area (Å²) in [7, 11) is 0. The van der Waals surface area contributed by atoms with Crippen molar-refractivity contribution in [2.45, 2.75) is 0 Å².